The molecule has 0 amide bonds. The van der Waals surface area contributed by atoms with E-state index >= 15 is 0 Å². The minimum atomic E-state index is 0.325. The van der Waals surface area contributed by atoms with Gasteiger partial charge in [0.15, 0.2) is 0 Å². The van der Waals surface area contributed by atoms with Gasteiger partial charge in [-0.2, -0.15) is 0 Å². The van der Waals surface area contributed by atoms with Gasteiger partial charge in [-0.05, 0) is 59.7 Å². The molecule has 4 heteroatoms. The maximum absolute atomic E-state index is 6.61. The maximum atomic E-state index is 6.61. The Balaban J connectivity index is 1.99. The molecule has 0 fully saturated rings. The monoisotopic (exact) mass is 388 g/mol. The zero-order chi connectivity index (χ0) is 20.8. The summed E-state index contributed by atoms with van der Waals surface area (Å²) in [6.07, 6.45) is 9.07. The first-order valence-electron chi connectivity index (χ1n) is 10.5. The molecule has 0 saturated heterocycles. The van der Waals surface area contributed by atoms with Crippen LogP contribution in [-0.4, -0.2) is 12.8 Å². The van der Waals surface area contributed by atoms with Gasteiger partial charge in [-0.25, -0.2) is 0 Å². The molecule has 5 N–H and O–H groups in total. The number of allylic oxidation sites excluding steroid dienone is 1. The lowest BCUT2D eigenvalue weighted by molar-refractivity contribution is 0.845. The Bertz CT molecular complexity index is 911. The zero-order valence-corrected chi connectivity index (χ0v) is 17.7. The highest BCUT2D eigenvalue weighted by Gasteiger charge is 2.14. The summed E-state index contributed by atoms with van der Waals surface area (Å²) in [6.45, 7) is 7.40. The molecule has 1 atom stereocenters. The molecule has 0 aromatic heterocycles. The Kier molecular flexibility index (Phi) is 6.89. The molecule has 29 heavy (non-hydrogen) atoms. The standard InChI is InChI=1S/C25H32N4/c1-4-17-14-22(15-18(5-2)23(17)6-3)24(26)25(29-27)20-11-9-19(10-12-20)21-8-7-13-28-16-21/h7-15,21,29H,4-6,16,26-27H2,1-3H3/b25-24-. The van der Waals surface area contributed by atoms with E-state index in [1.807, 2.05) is 12.3 Å². The molecular weight excluding hydrogens is 356 g/mol. The van der Waals surface area contributed by atoms with E-state index in [-0.39, 0.29) is 0 Å². The lowest BCUT2D eigenvalue weighted by atomic mass is 9.91. The predicted molar refractivity (Wildman–Crippen MR) is 125 cm³/mol. The van der Waals surface area contributed by atoms with Crippen molar-refractivity contribution in [2.24, 2.45) is 16.6 Å². The predicted octanol–water partition coefficient (Wildman–Crippen LogP) is 4.35. The summed E-state index contributed by atoms with van der Waals surface area (Å²) in [6, 6.07) is 12.8. The number of hydrazine groups is 1. The van der Waals surface area contributed by atoms with Gasteiger partial charge in [0, 0.05) is 29.8 Å². The summed E-state index contributed by atoms with van der Waals surface area (Å²) in [5.41, 5.74) is 18.3. The van der Waals surface area contributed by atoms with Gasteiger partial charge < -0.3 is 11.2 Å². The smallest absolute Gasteiger partial charge is 0.0795 e. The number of nitrogens with two attached hydrogens (primary N) is 2. The fourth-order valence-corrected chi connectivity index (χ4v) is 4.09. The molecule has 1 aliphatic rings. The largest absolute Gasteiger partial charge is 0.397 e. The Hall–Kier alpha value is -2.85. The second-order valence-corrected chi connectivity index (χ2v) is 7.39. The van der Waals surface area contributed by atoms with Gasteiger partial charge >= 0.3 is 0 Å². The van der Waals surface area contributed by atoms with E-state index in [9.17, 15) is 0 Å². The van der Waals surface area contributed by atoms with Crippen LogP contribution in [0.15, 0.2) is 53.5 Å². The number of hydrogen-bond acceptors (Lipinski definition) is 4. The molecule has 0 bridgehead atoms. The summed E-state index contributed by atoms with van der Waals surface area (Å²) >= 11 is 0. The normalized spacial score (nSPS) is 16.6. The average molecular weight is 389 g/mol. The summed E-state index contributed by atoms with van der Waals surface area (Å²) < 4.78 is 0. The summed E-state index contributed by atoms with van der Waals surface area (Å²) in [4.78, 5) is 4.35. The third-order valence-corrected chi connectivity index (χ3v) is 5.74. The second-order valence-electron chi connectivity index (χ2n) is 7.39. The highest BCUT2D eigenvalue weighted by molar-refractivity contribution is 5.88. The molecule has 4 nitrogen and oxygen atoms in total. The molecule has 152 valence electrons. The van der Waals surface area contributed by atoms with Crippen LogP contribution in [0, 0.1) is 0 Å². The van der Waals surface area contributed by atoms with Crippen molar-refractivity contribution in [3.8, 4) is 0 Å². The summed E-state index contributed by atoms with van der Waals surface area (Å²) in [5, 5.41) is 0. The zero-order valence-electron chi connectivity index (χ0n) is 17.7. The van der Waals surface area contributed by atoms with E-state index in [0.717, 1.165) is 42.6 Å². The average Bonchev–Trinajstić information content (AvgIpc) is 2.79. The number of aryl methyl sites for hydroxylation is 2. The number of rotatable bonds is 7. The van der Waals surface area contributed by atoms with Crippen LogP contribution in [0.2, 0.25) is 0 Å². The first-order valence-corrected chi connectivity index (χ1v) is 10.5. The molecule has 2 aromatic rings. The van der Waals surface area contributed by atoms with Crippen molar-refractivity contribution in [3.05, 3.63) is 81.9 Å². The van der Waals surface area contributed by atoms with Crippen molar-refractivity contribution in [3.63, 3.8) is 0 Å². The van der Waals surface area contributed by atoms with Gasteiger partial charge in [-0.15, -0.1) is 0 Å². The van der Waals surface area contributed by atoms with E-state index in [2.05, 4.69) is 73.7 Å². The molecule has 1 aliphatic heterocycles. The molecule has 2 aromatic carbocycles. The molecule has 0 spiro atoms. The van der Waals surface area contributed by atoms with Crippen LogP contribution in [0.3, 0.4) is 0 Å². The number of nitrogens with one attached hydrogen (secondary N) is 1. The molecule has 3 rings (SSSR count). The fraction of sp³-hybridized carbons (Fsp3) is 0.320. The van der Waals surface area contributed by atoms with Gasteiger partial charge in [-0.3, -0.25) is 10.8 Å². The highest BCUT2D eigenvalue weighted by Crippen LogP contribution is 2.27. The first kappa shape index (κ1) is 20.9. The van der Waals surface area contributed by atoms with Crippen molar-refractivity contribution in [1.29, 1.82) is 0 Å². The van der Waals surface area contributed by atoms with Crippen molar-refractivity contribution in [2.45, 2.75) is 46.0 Å². The minimum absolute atomic E-state index is 0.325. The molecule has 1 heterocycles. The third kappa shape index (κ3) is 4.43. The first-order chi connectivity index (χ1) is 14.1. The number of nitrogens with zero attached hydrogens (tertiary/aromatic N) is 1. The maximum Gasteiger partial charge on any atom is 0.0795 e. The van der Waals surface area contributed by atoms with Crippen LogP contribution in [0.25, 0.3) is 11.4 Å². The second kappa shape index (κ2) is 9.57. The fourth-order valence-electron chi connectivity index (χ4n) is 4.09. The van der Waals surface area contributed by atoms with Crippen molar-refractivity contribution >= 4 is 17.6 Å². The number of dihydropyridines is 1. The Morgan fingerprint density at radius 2 is 1.66 bits per heavy atom. The van der Waals surface area contributed by atoms with E-state index < -0.39 is 0 Å². The van der Waals surface area contributed by atoms with Gasteiger partial charge in [0.1, 0.15) is 0 Å². The van der Waals surface area contributed by atoms with E-state index in [1.54, 1.807) is 0 Å². The molecule has 0 radical (unpaired) electrons. The quantitative estimate of drug-likeness (QED) is 0.375. The number of benzene rings is 2. The van der Waals surface area contributed by atoms with Crippen molar-refractivity contribution < 1.29 is 0 Å². The minimum Gasteiger partial charge on any atom is -0.397 e. The lowest BCUT2D eigenvalue weighted by Crippen LogP contribution is -2.23. The lowest BCUT2D eigenvalue weighted by Gasteiger charge is -2.18. The number of aliphatic imine (C=N–C) groups is 1. The van der Waals surface area contributed by atoms with Crippen LogP contribution in [0.1, 0.15) is 60.1 Å². The van der Waals surface area contributed by atoms with Crippen LogP contribution < -0.4 is 17.0 Å². The molecule has 0 saturated carbocycles. The Morgan fingerprint density at radius 3 is 2.14 bits per heavy atom. The Labute approximate surface area is 174 Å². The van der Waals surface area contributed by atoms with Gasteiger partial charge in [0.2, 0.25) is 0 Å². The van der Waals surface area contributed by atoms with Gasteiger partial charge in [0.25, 0.3) is 0 Å². The van der Waals surface area contributed by atoms with Gasteiger partial charge in [0.05, 0.1) is 11.4 Å². The van der Waals surface area contributed by atoms with Crippen molar-refractivity contribution in [1.82, 2.24) is 5.43 Å². The SMILES string of the molecule is CCc1cc(/C(N)=C(/NN)c2ccc(C3C=CC=NC3)cc2)cc(CC)c1CC. The topological polar surface area (TPSA) is 76.4 Å². The van der Waals surface area contributed by atoms with E-state index in [0.29, 0.717) is 11.6 Å². The number of hydrogen-bond donors (Lipinski definition) is 3. The van der Waals surface area contributed by atoms with Crippen LogP contribution in [0.4, 0.5) is 0 Å². The molecular formula is C25H32N4. The van der Waals surface area contributed by atoms with Gasteiger partial charge in [-0.1, -0.05) is 51.1 Å². The Morgan fingerprint density at radius 1 is 1.00 bits per heavy atom. The summed E-state index contributed by atoms with van der Waals surface area (Å²) in [5.74, 6) is 6.23. The third-order valence-electron chi connectivity index (χ3n) is 5.74. The highest BCUT2D eigenvalue weighted by atomic mass is 15.2. The molecule has 0 aliphatic carbocycles. The van der Waals surface area contributed by atoms with E-state index in [4.69, 9.17) is 11.6 Å². The summed E-state index contributed by atoms with van der Waals surface area (Å²) in [7, 11) is 0. The van der Waals surface area contributed by atoms with Crippen molar-refractivity contribution in [2.75, 3.05) is 6.54 Å². The van der Waals surface area contributed by atoms with Crippen LogP contribution in [0.5, 0.6) is 0 Å². The van der Waals surface area contributed by atoms with E-state index in [1.165, 1.54) is 22.3 Å². The molecule has 1 unspecified atom stereocenters. The van der Waals surface area contributed by atoms with Crippen LogP contribution in [-0.2, 0) is 19.3 Å². The van der Waals surface area contributed by atoms with Crippen LogP contribution >= 0.6 is 0 Å².